The molecule has 10 nitrogen and oxygen atoms in total. The van der Waals surface area contributed by atoms with Gasteiger partial charge in [0.15, 0.2) is 17.4 Å². The van der Waals surface area contributed by atoms with Crippen LogP contribution >= 0.6 is 0 Å². The predicted molar refractivity (Wildman–Crippen MR) is 117 cm³/mol. The summed E-state index contributed by atoms with van der Waals surface area (Å²) in [7, 11) is 0. The number of ether oxygens (including phenoxy) is 2. The van der Waals surface area contributed by atoms with Crippen molar-refractivity contribution in [2.24, 2.45) is 0 Å². The second-order valence-corrected chi connectivity index (χ2v) is 8.95. The summed E-state index contributed by atoms with van der Waals surface area (Å²) < 4.78 is 11.2. The smallest absolute Gasteiger partial charge is 0.200 e. The minimum Gasteiger partial charge on any atom is -0.507 e. The lowest BCUT2D eigenvalue weighted by molar-refractivity contribution is -0.269. The normalized spacial score (nSPS) is 25.0. The van der Waals surface area contributed by atoms with Gasteiger partial charge in [0.05, 0.1) is 42.6 Å². The molecule has 1 heterocycles. The molecule has 180 valence electrons. The zero-order valence-corrected chi connectivity index (χ0v) is 18.4. The lowest BCUT2D eigenvalue weighted by Gasteiger charge is -2.45. The Morgan fingerprint density at radius 2 is 1.74 bits per heavy atom. The van der Waals surface area contributed by atoms with Crippen LogP contribution in [-0.2, 0) is 15.9 Å². The van der Waals surface area contributed by atoms with Crippen molar-refractivity contribution in [2.75, 3.05) is 31.7 Å². The zero-order chi connectivity index (χ0) is 24.4. The molecule has 0 unspecified atom stereocenters. The number of anilines is 1. The molecule has 0 radical (unpaired) electrons. The number of carbonyl (C=O) groups excluding carboxylic acids is 2. The van der Waals surface area contributed by atoms with Gasteiger partial charge in [-0.25, -0.2) is 0 Å². The van der Waals surface area contributed by atoms with Crippen LogP contribution in [0.3, 0.4) is 0 Å². The van der Waals surface area contributed by atoms with E-state index in [1.807, 2.05) is 0 Å². The number of nitrogens with one attached hydrogen (secondary N) is 1. The number of aliphatic hydroxyl groups is 3. The van der Waals surface area contributed by atoms with Crippen LogP contribution in [0.15, 0.2) is 18.2 Å². The average Bonchev–Trinajstić information content (AvgIpc) is 3.26. The summed E-state index contributed by atoms with van der Waals surface area (Å²) in [6.45, 7) is 1.92. The monoisotopic (exact) mass is 471 g/mol. The van der Waals surface area contributed by atoms with E-state index >= 15 is 0 Å². The molecule has 6 N–H and O–H groups in total. The molecule has 2 atom stereocenters. The molecule has 0 bridgehead atoms. The highest BCUT2D eigenvalue weighted by Gasteiger charge is 2.56. The van der Waals surface area contributed by atoms with Gasteiger partial charge in [-0.05, 0) is 13.0 Å². The van der Waals surface area contributed by atoms with Gasteiger partial charge in [0.25, 0.3) is 0 Å². The topological polar surface area (TPSA) is 166 Å². The Kier molecular flexibility index (Phi) is 5.19. The van der Waals surface area contributed by atoms with Gasteiger partial charge in [-0.2, -0.15) is 0 Å². The van der Waals surface area contributed by atoms with Crippen LogP contribution in [0, 0.1) is 0 Å². The fourth-order valence-electron chi connectivity index (χ4n) is 5.27. The first kappa shape index (κ1) is 22.8. The Morgan fingerprint density at radius 3 is 2.41 bits per heavy atom. The molecule has 1 aliphatic heterocycles. The van der Waals surface area contributed by atoms with Gasteiger partial charge in [0.2, 0.25) is 0 Å². The highest BCUT2D eigenvalue weighted by Crippen LogP contribution is 2.53. The van der Waals surface area contributed by atoms with Crippen molar-refractivity contribution < 1.29 is 44.6 Å². The molecule has 0 amide bonds. The number of fused-ring (bicyclic) bond motifs is 3. The average molecular weight is 471 g/mol. The van der Waals surface area contributed by atoms with Crippen molar-refractivity contribution in [1.29, 1.82) is 0 Å². The van der Waals surface area contributed by atoms with E-state index < -0.39 is 46.1 Å². The maximum absolute atomic E-state index is 13.5. The molecule has 2 aromatic rings. The molecule has 1 saturated heterocycles. The van der Waals surface area contributed by atoms with Crippen molar-refractivity contribution >= 4 is 17.3 Å². The van der Waals surface area contributed by atoms with Crippen molar-refractivity contribution in [2.45, 2.75) is 37.3 Å². The fourth-order valence-corrected chi connectivity index (χ4v) is 5.27. The van der Waals surface area contributed by atoms with Crippen molar-refractivity contribution in [3.63, 3.8) is 0 Å². The summed E-state index contributed by atoms with van der Waals surface area (Å²) in [6, 6.07) is 4.56. The number of rotatable bonds is 4. The van der Waals surface area contributed by atoms with E-state index in [-0.39, 0.29) is 67.0 Å². The van der Waals surface area contributed by atoms with E-state index in [9.17, 15) is 30.0 Å². The van der Waals surface area contributed by atoms with Gasteiger partial charge < -0.3 is 40.3 Å². The standard InChI is InChI=1S/C24H25NO9/c1-23(33-7-8-34-23)24(32)9-12-16(14(27)10-24)22(31)18-17(20(12)29)19(28)11-3-2-4-13(25-5-6-26)15(11)21(18)30/h2-4,14,25-27,29,31-32H,5-10H2,1H3/t14-,24-/m0/s1. The largest absolute Gasteiger partial charge is 0.507 e. The molecular weight excluding hydrogens is 446 g/mol. The third-order valence-corrected chi connectivity index (χ3v) is 7.02. The second-order valence-electron chi connectivity index (χ2n) is 8.95. The van der Waals surface area contributed by atoms with Gasteiger partial charge >= 0.3 is 0 Å². The van der Waals surface area contributed by atoms with E-state index in [4.69, 9.17) is 14.6 Å². The van der Waals surface area contributed by atoms with Crippen molar-refractivity contribution in [3.05, 3.63) is 51.6 Å². The SMILES string of the molecule is CC1([C@]2(O)Cc3c(O)c4c(c(O)c3[C@@H](O)C2)C(=O)c2c(NCCO)cccc2C4=O)OCCO1. The number of carbonyl (C=O) groups is 2. The van der Waals surface area contributed by atoms with Crippen LogP contribution in [0.1, 0.15) is 62.4 Å². The number of phenols is 2. The minimum atomic E-state index is -1.77. The molecule has 0 saturated carbocycles. The molecule has 0 spiro atoms. The lowest BCUT2D eigenvalue weighted by atomic mass is 9.70. The van der Waals surface area contributed by atoms with E-state index in [2.05, 4.69) is 5.32 Å². The highest BCUT2D eigenvalue weighted by atomic mass is 16.7. The molecule has 10 heteroatoms. The highest BCUT2D eigenvalue weighted by molar-refractivity contribution is 6.32. The summed E-state index contributed by atoms with van der Waals surface area (Å²) in [6.07, 6.45) is -2.04. The molecular formula is C24H25NO9. The Morgan fingerprint density at radius 1 is 1.06 bits per heavy atom. The Labute approximate surface area is 194 Å². The molecule has 1 fully saturated rings. The second kappa shape index (κ2) is 7.76. The Hall–Kier alpha value is -3.02. The molecule has 2 aromatic carbocycles. The first-order valence-corrected chi connectivity index (χ1v) is 11.0. The molecule has 3 aliphatic rings. The van der Waals surface area contributed by atoms with Crippen LogP contribution in [0.4, 0.5) is 5.69 Å². The van der Waals surface area contributed by atoms with Crippen LogP contribution < -0.4 is 5.32 Å². The van der Waals surface area contributed by atoms with Crippen LogP contribution in [-0.4, -0.2) is 74.9 Å². The fraction of sp³-hybridized carbons (Fsp3) is 0.417. The summed E-state index contributed by atoms with van der Waals surface area (Å²) in [5.41, 5.74) is -2.40. The number of aliphatic hydroxyl groups excluding tert-OH is 2. The lowest BCUT2D eigenvalue weighted by Crippen LogP contribution is -2.57. The van der Waals surface area contributed by atoms with Gasteiger partial charge in [-0.1, -0.05) is 12.1 Å². The quantitative estimate of drug-likeness (QED) is 0.299. The van der Waals surface area contributed by atoms with E-state index in [0.717, 1.165) is 0 Å². The van der Waals surface area contributed by atoms with Crippen LogP contribution in [0.2, 0.25) is 0 Å². The van der Waals surface area contributed by atoms with Gasteiger partial charge in [-0.15, -0.1) is 0 Å². The van der Waals surface area contributed by atoms with Crippen molar-refractivity contribution in [3.8, 4) is 11.5 Å². The molecule has 2 aliphatic carbocycles. The number of hydrogen-bond acceptors (Lipinski definition) is 10. The number of aromatic hydroxyl groups is 2. The minimum absolute atomic E-state index is 0.00479. The third kappa shape index (κ3) is 3.00. The van der Waals surface area contributed by atoms with Gasteiger partial charge in [0.1, 0.15) is 17.1 Å². The maximum Gasteiger partial charge on any atom is 0.200 e. The molecule has 5 rings (SSSR count). The number of phenolic OH excluding ortho intramolecular Hbond substituents is 2. The summed E-state index contributed by atoms with van der Waals surface area (Å²) >= 11 is 0. The Balaban J connectivity index is 1.69. The molecule has 0 aromatic heterocycles. The van der Waals surface area contributed by atoms with Crippen LogP contribution in [0.25, 0.3) is 0 Å². The predicted octanol–water partition coefficient (Wildman–Crippen LogP) is 0.751. The summed E-state index contributed by atoms with van der Waals surface area (Å²) in [4.78, 5) is 26.9. The Bertz CT molecular complexity index is 1220. The van der Waals surface area contributed by atoms with Crippen molar-refractivity contribution in [1.82, 2.24) is 0 Å². The maximum atomic E-state index is 13.5. The number of benzene rings is 2. The summed E-state index contributed by atoms with van der Waals surface area (Å²) in [5, 5.41) is 56.6. The number of ketones is 2. The van der Waals surface area contributed by atoms with E-state index in [0.29, 0.717) is 5.69 Å². The van der Waals surface area contributed by atoms with Crippen LogP contribution in [0.5, 0.6) is 11.5 Å². The third-order valence-electron chi connectivity index (χ3n) is 7.02. The first-order chi connectivity index (χ1) is 16.1. The van der Waals surface area contributed by atoms with E-state index in [1.165, 1.54) is 13.0 Å². The zero-order valence-electron chi connectivity index (χ0n) is 18.4. The van der Waals surface area contributed by atoms with Gasteiger partial charge in [0, 0.05) is 41.8 Å². The summed E-state index contributed by atoms with van der Waals surface area (Å²) in [5.74, 6) is -4.06. The molecule has 34 heavy (non-hydrogen) atoms. The first-order valence-electron chi connectivity index (χ1n) is 11.0. The van der Waals surface area contributed by atoms with Gasteiger partial charge in [-0.3, -0.25) is 9.59 Å². The number of hydrogen-bond donors (Lipinski definition) is 6. The van der Waals surface area contributed by atoms with E-state index in [1.54, 1.807) is 12.1 Å².